The smallest absolute Gasteiger partial charge is 0.253 e. The fraction of sp³-hybridized carbons (Fsp3) is 0.375. The van der Waals surface area contributed by atoms with E-state index in [1.165, 1.54) is 24.3 Å². The zero-order chi connectivity index (χ0) is 21.8. The molecule has 2 heterocycles. The van der Waals surface area contributed by atoms with Gasteiger partial charge in [0, 0.05) is 49.8 Å². The third kappa shape index (κ3) is 4.93. The first-order valence-electron chi connectivity index (χ1n) is 10.7. The number of piperidine rings is 1. The number of hydrogen-bond donors (Lipinski definition) is 1. The van der Waals surface area contributed by atoms with E-state index in [1.54, 1.807) is 9.80 Å². The number of hydrogen-bond acceptors (Lipinski definition) is 3. The number of rotatable bonds is 5. The molecule has 0 aliphatic carbocycles. The highest BCUT2D eigenvalue weighted by molar-refractivity contribution is 5.95. The standard InChI is InChI=1S/C24H26FN3O3/c25-20-8-6-19(7-9-20)24(31)27-13-10-18(11-14-27)23(30)26-16-17-3-1-4-21(15-17)28-12-2-5-22(28)29/h1,3-4,6-9,15,18H,2,5,10-14,16H2,(H,26,30). The molecule has 0 spiro atoms. The Labute approximate surface area is 181 Å². The summed E-state index contributed by atoms with van der Waals surface area (Å²) in [5.41, 5.74) is 2.29. The van der Waals surface area contributed by atoms with Crippen molar-refractivity contribution in [3.05, 3.63) is 65.5 Å². The average molecular weight is 423 g/mol. The van der Waals surface area contributed by atoms with Gasteiger partial charge in [-0.15, -0.1) is 0 Å². The van der Waals surface area contributed by atoms with Crippen LogP contribution >= 0.6 is 0 Å². The third-order valence-electron chi connectivity index (χ3n) is 6.01. The number of anilines is 1. The number of likely N-dealkylation sites (tertiary alicyclic amines) is 1. The van der Waals surface area contributed by atoms with Crippen molar-refractivity contribution in [1.29, 1.82) is 0 Å². The molecule has 0 radical (unpaired) electrons. The summed E-state index contributed by atoms with van der Waals surface area (Å²) in [4.78, 5) is 40.6. The second-order valence-electron chi connectivity index (χ2n) is 8.11. The molecule has 0 atom stereocenters. The molecule has 0 unspecified atom stereocenters. The largest absolute Gasteiger partial charge is 0.352 e. The Balaban J connectivity index is 1.27. The van der Waals surface area contributed by atoms with Gasteiger partial charge in [0.05, 0.1) is 0 Å². The first-order valence-corrected chi connectivity index (χ1v) is 10.7. The highest BCUT2D eigenvalue weighted by Crippen LogP contribution is 2.23. The Bertz CT molecular complexity index is 968. The minimum atomic E-state index is -0.371. The van der Waals surface area contributed by atoms with Crippen molar-refractivity contribution in [2.24, 2.45) is 5.92 Å². The maximum Gasteiger partial charge on any atom is 0.253 e. The minimum Gasteiger partial charge on any atom is -0.352 e. The fourth-order valence-electron chi connectivity index (χ4n) is 4.21. The van der Waals surface area contributed by atoms with Crippen molar-refractivity contribution in [3.63, 3.8) is 0 Å². The van der Waals surface area contributed by atoms with Crippen LogP contribution in [0.3, 0.4) is 0 Å². The van der Waals surface area contributed by atoms with Crippen LogP contribution in [0, 0.1) is 11.7 Å². The lowest BCUT2D eigenvalue weighted by Crippen LogP contribution is -2.42. The summed E-state index contributed by atoms with van der Waals surface area (Å²) in [7, 11) is 0. The van der Waals surface area contributed by atoms with E-state index < -0.39 is 0 Å². The Morgan fingerprint density at radius 3 is 2.45 bits per heavy atom. The summed E-state index contributed by atoms with van der Waals surface area (Å²) < 4.78 is 13.1. The fourth-order valence-corrected chi connectivity index (χ4v) is 4.21. The Kier molecular flexibility index (Phi) is 6.30. The van der Waals surface area contributed by atoms with Crippen molar-refractivity contribution in [3.8, 4) is 0 Å². The second-order valence-corrected chi connectivity index (χ2v) is 8.11. The summed E-state index contributed by atoms with van der Waals surface area (Å²) in [6.45, 7) is 2.15. The lowest BCUT2D eigenvalue weighted by molar-refractivity contribution is -0.126. The highest BCUT2D eigenvalue weighted by atomic mass is 19.1. The number of benzene rings is 2. The topological polar surface area (TPSA) is 69.7 Å². The lowest BCUT2D eigenvalue weighted by Gasteiger charge is -2.31. The van der Waals surface area contributed by atoms with Gasteiger partial charge in [0.25, 0.3) is 5.91 Å². The molecule has 0 aromatic heterocycles. The average Bonchev–Trinajstić information content (AvgIpc) is 3.23. The number of carbonyl (C=O) groups is 3. The van der Waals surface area contributed by atoms with Gasteiger partial charge in [-0.05, 0) is 61.2 Å². The van der Waals surface area contributed by atoms with E-state index in [4.69, 9.17) is 0 Å². The van der Waals surface area contributed by atoms with E-state index in [0.29, 0.717) is 44.5 Å². The normalized spacial score (nSPS) is 17.1. The minimum absolute atomic E-state index is 0.0171. The van der Waals surface area contributed by atoms with Crippen LogP contribution < -0.4 is 10.2 Å². The summed E-state index contributed by atoms with van der Waals surface area (Å²) in [5, 5.41) is 2.99. The van der Waals surface area contributed by atoms with E-state index in [2.05, 4.69) is 5.32 Å². The molecule has 1 N–H and O–H groups in total. The maximum atomic E-state index is 13.1. The summed E-state index contributed by atoms with van der Waals surface area (Å²) in [6.07, 6.45) is 2.66. The predicted molar refractivity (Wildman–Crippen MR) is 115 cm³/mol. The number of carbonyl (C=O) groups excluding carboxylic acids is 3. The Morgan fingerprint density at radius 2 is 1.77 bits per heavy atom. The predicted octanol–water partition coefficient (Wildman–Crippen LogP) is 3.12. The first kappa shape index (κ1) is 21.0. The van der Waals surface area contributed by atoms with Crippen LogP contribution in [0.4, 0.5) is 10.1 Å². The quantitative estimate of drug-likeness (QED) is 0.803. The van der Waals surface area contributed by atoms with E-state index in [1.807, 2.05) is 24.3 Å². The molecule has 2 aromatic carbocycles. The van der Waals surface area contributed by atoms with Crippen molar-refractivity contribution in [1.82, 2.24) is 10.2 Å². The van der Waals surface area contributed by atoms with Gasteiger partial charge in [-0.25, -0.2) is 4.39 Å². The van der Waals surface area contributed by atoms with E-state index in [-0.39, 0.29) is 29.5 Å². The Hall–Kier alpha value is -3.22. The molecule has 162 valence electrons. The molecule has 0 bridgehead atoms. The van der Waals surface area contributed by atoms with Crippen LogP contribution in [-0.2, 0) is 16.1 Å². The molecule has 6 nitrogen and oxygen atoms in total. The molecule has 2 fully saturated rings. The molecule has 0 saturated carbocycles. The lowest BCUT2D eigenvalue weighted by atomic mass is 9.95. The van der Waals surface area contributed by atoms with Crippen LogP contribution in [-0.4, -0.2) is 42.3 Å². The first-order chi connectivity index (χ1) is 15.0. The molecule has 4 rings (SSSR count). The van der Waals surface area contributed by atoms with Gasteiger partial charge < -0.3 is 15.1 Å². The van der Waals surface area contributed by atoms with Crippen LogP contribution in [0.1, 0.15) is 41.6 Å². The zero-order valence-electron chi connectivity index (χ0n) is 17.4. The van der Waals surface area contributed by atoms with E-state index in [0.717, 1.165) is 24.2 Å². The van der Waals surface area contributed by atoms with E-state index in [9.17, 15) is 18.8 Å². The van der Waals surface area contributed by atoms with Crippen LogP contribution in [0.25, 0.3) is 0 Å². The van der Waals surface area contributed by atoms with Gasteiger partial charge >= 0.3 is 0 Å². The van der Waals surface area contributed by atoms with Crippen molar-refractivity contribution in [2.75, 3.05) is 24.5 Å². The molecule has 2 saturated heterocycles. The van der Waals surface area contributed by atoms with Gasteiger partial charge in [0.1, 0.15) is 5.82 Å². The molecular formula is C24H26FN3O3. The molecule has 31 heavy (non-hydrogen) atoms. The second kappa shape index (κ2) is 9.29. The van der Waals surface area contributed by atoms with Gasteiger partial charge in [0.2, 0.25) is 11.8 Å². The van der Waals surface area contributed by atoms with Crippen LogP contribution in [0.15, 0.2) is 48.5 Å². The molecule has 2 aliphatic rings. The third-order valence-corrected chi connectivity index (χ3v) is 6.01. The van der Waals surface area contributed by atoms with Gasteiger partial charge in [0.15, 0.2) is 0 Å². The van der Waals surface area contributed by atoms with Gasteiger partial charge in [-0.1, -0.05) is 12.1 Å². The molecule has 7 heteroatoms. The maximum absolute atomic E-state index is 13.1. The highest BCUT2D eigenvalue weighted by Gasteiger charge is 2.28. The van der Waals surface area contributed by atoms with Gasteiger partial charge in [-0.3, -0.25) is 14.4 Å². The summed E-state index contributed by atoms with van der Waals surface area (Å²) in [6, 6.07) is 13.2. The van der Waals surface area contributed by atoms with Gasteiger partial charge in [-0.2, -0.15) is 0 Å². The Morgan fingerprint density at radius 1 is 1.03 bits per heavy atom. The van der Waals surface area contributed by atoms with Crippen molar-refractivity contribution in [2.45, 2.75) is 32.2 Å². The molecule has 2 aliphatic heterocycles. The summed E-state index contributed by atoms with van der Waals surface area (Å²) >= 11 is 0. The monoisotopic (exact) mass is 423 g/mol. The van der Waals surface area contributed by atoms with Crippen molar-refractivity contribution >= 4 is 23.4 Å². The van der Waals surface area contributed by atoms with E-state index >= 15 is 0 Å². The number of nitrogens with one attached hydrogen (secondary N) is 1. The summed E-state index contributed by atoms with van der Waals surface area (Å²) in [5.74, 6) is -0.517. The number of amides is 3. The number of halogens is 1. The van der Waals surface area contributed by atoms with Crippen LogP contribution in [0.5, 0.6) is 0 Å². The molecular weight excluding hydrogens is 397 g/mol. The van der Waals surface area contributed by atoms with Crippen LogP contribution in [0.2, 0.25) is 0 Å². The zero-order valence-corrected chi connectivity index (χ0v) is 17.4. The number of nitrogens with zero attached hydrogens (tertiary/aromatic N) is 2. The van der Waals surface area contributed by atoms with Crippen molar-refractivity contribution < 1.29 is 18.8 Å². The SMILES string of the molecule is O=C(NCc1cccc(N2CCCC2=O)c1)C1CCN(C(=O)c2ccc(F)cc2)CC1. The molecule has 2 aromatic rings. The molecule has 3 amide bonds.